The molecule has 152 valence electrons. The van der Waals surface area contributed by atoms with Crippen molar-refractivity contribution in [2.45, 2.75) is 104 Å². The van der Waals surface area contributed by atoms with Crippen molar-refractivity contribution in [3.8, 4) is 0 Å². The lowest BCUT2D eigenvalue weighted by Crippen LogP contribution is -2.35. The van der Waals surface area contributed by atoms with E-state index in [4.69, 9.17) is 9.47 Å². The van der Waals surface area contributed by atoms with Crippen molar-refractivity contribution in [3.05, 3.63) is 0 Å². The number of carbonyl (C=O) groups excluding carboxylic acids is 2. The Hall–Kier alpha value is -1.06. The third-order valence-corrected chi connectivity index (χ3v) is 5.36. The molecule has 0 aromatic rings. The second-order valence-electron chi connectivity index (χ2n) is 7.66. The summed E-state index contributed by atoms with van der Waals surface area (Å²) in [6, 6.07) is 0. The van der Waals surface area contributed by atoms with Gasteiger partial charge in [0.15, 0.2) is 0 Å². The maximum Gasteiger partial charge on any atom is 0.309 e. The van der Waals surface area contributed by atoms with E-state index in [0.717, 1.165) is 51.4 Å². The maximum atomic E-state index is 12.4. The lowest BCUT2D eigenvalue weighted by molar-refractivity contribution is -0.163. The predicted molar refractivity (Wildman–Crippen MR) is 105 cm³/mol. The summed E-state index contributed by atoms with van der Waals surface area (Å²) in [5.74, 6) is -0.990. The molecule has 1 saturated carbocycles. The van der Waals surface area contributed by atoms with Crippen molar-refractivity contribution in [1.29, 1.82) is 0 Å². The first-order valence-corrected chi connectivity index (χ1v) is 11.0. The molecule has 0 amide bonds. The summed E-state index contributed by atoms with van der Waals surface area (Å²) in [6.45, 7) is 5.25. The molecule has 0 radical (unpaired) electrons. The summed E-state index contributed by atoms with van der Waals surface area (Å²) >= 11 is 0. The average Bonchev–Trinajstić information content (AvgIpc) is 2.66. The second-order valence-corrected chi connectivity index (χ2v) is 7.66. The van der Waals surface area contributed by atoms with Crippen LogP contribution in [0.25, 0.3) is 0 Å². The molecule has 4 heteroatoms. The van der Waals surface area contributed by atoms with Crippen LogP contribution in [0, 0.1) is 11.8 Å². The molecule has 0 bridgehead atoms. The molecule has 2 atom stereocenters. The summed E-state index contributed by atoms with van der Waals surface area (Å²) in [5, 5.41) is 0. The fourth-order valence-electron chi connectivity index (χ4n) is 3.63. The van der Waals surface area contributed by atoms with E-state index < -0.39 is 0 Å². The number of esters is 2. The average molecular weight is 369 g/mol. The van der Waals surface area contributed by atoms with Crippen LogP contribution in [0.2, 0.25) is 0 Å². The molecule has 0 aliphatic heterocycles. The Morgan fingerprint density at radius 2 is 1.08 bits per heavy atom. The minimum absolute atomic E-state index is 0.190. The molecular formula is C22H40O4. The largest absolute Gasteiger partial charge is 0.465 e. The number of hydrogen-bond donors (Lipinski definition) is 0. The van der Waals surface area contributed by atoms with Crippen molar-refractivity contribution < 1.29 is 19.1 Å². The minimum atomic E-state index is -0.299. The van der Waals surface area contributed by atoms with Crippen LogP contribution in [0.1, 0.15) is 104 Å². The highest BCUT2D eigenvalue weighted by atomic mass is 16.5. The molecule has 26 heavy (non-hydrogen) atoms. The van der Waals surface area contributed by atoms with Crippen molar-refractivity contribution >= 4 is 11.9 Å². The van der Waals surface area contributed by atoms with Gasteiger partial charge in [0.1, 0.15) is 0 Å². The van der Waals surface area contributed by atoms with Gasteiger partial charge in [0.25, 0.3) is 0 Å². The summed E-state index contributed by atoms with van der Waals surface area (Å²) in [6.07, 6.45) is 15.2. The van der Waals surface area contributed by atoms with Gasteiger partial charge in [-0.1, -0.05) is 78.1 Å². The van der Waals surface area contributed by atoms with Gasteiger partial charge in [-0.05, 0) is 25.7 Å². The molecule has 4 nitrogen and oxygen atoms in total. The number of carbonyl (C=O) groups is 2. The van der Waals surface area contributed by atoms with Crippen LogP contribution in [0.4, 0.5) is 0 Å². The van der Waals surface area contributed by atoms with Gasteiger partial charge in [-0.2, -0.15) is 0 Å². The number of unbranched alkanes of at least 4 members (excludes halogenated alkanes) is 8. The van der Waals surface area contributed by atoms with E-state index >= 15 is 0 Å². The summed E-state index contributed by atoms with van der Waals surface area (Å²) < 4.78 is 10.8. The zero-order valence-corrected chi connectivity index (χ0v) is 17.1. The summed E-state index contributed by atoms with van der Waals surface area (Å²) in [5.41, 5.74) is 0. The van der Waals surface area contributed by atoms with Gasteiger partial charge < -0.3 is 9.47 Å². The number of hydrogen-bond acceptors (Lipinski definition) is 4. The Bertz CT molecular complexity index is 380. The van der Waals surface area contributed by atoms with Gasteiger partial charge in [-0.25, -0.2) is 0 Å². The molecule has 1 rings (SSSR count). The molecule has 0 saturated heterocycles. The molecule has 1 aliphatic carbocycles. The standard InChI is InChI=1S/C22H40O4/c1-3-5-7-8-9-10-11-14-18-26-22(24)20-16-13-12-15-19(20)21(23)25-17-6-4-2/h19-20H,3-18H2,1-2H3. The highest BCUT2D eigenvalue weighted by Gasteiger charge is 2.37. The summed E-state index contributed by atoms with van der Waals surface area (Å²) in [7, 11) is 0. The molecule has 1 aliphatic rings. The third-order valence-electron chi connectivity index (χ3n) is 5.36. The SMILES string of the molecule is CCCCCCCCCCOC(=O)C1CCCCC1C(=O)OCCCC. The quantitative estimate of drug-likeness (QED) is 0.286. The van der Waals surface area contributed by atoms with Crippen LogP contribution >= 0.6 is 0 Å². The Labute approximate surface area is 160 Å². The van der Waals surface area contributed by atoms with E-state index in [1.807, 2.05) is 0 Å². The lowest BCUT2D eigenvalue weighted by atomic mass is 9.79. The van der Waals surface area contributed by atoms with Crippen LogP contribution in [-0.2, 0) is 19.1 Å². The van der Waals surface area contributed by atoms with Crippen molar-refractivity contribution in [3.63, 3.8) is 0 Å². The first kappa shape index (κ1) is 23.0. The van der Waals surface area contributed by atoms with Gasteiger partial charge in [0.05, 0.1) is 25.0 Å². The topological polar surface area (TPSA) is 52.6 Å². The maximum absolute atomic E-state index is 12.4. The predicted octanol–water partition coefficient (Wildman–Crippen LogP) is 5.82. The monoisotopic (exact) mass is 368 g/mol. The third kappa shape index (κ3) is 9.59. The zero-order chi connectivity index (χ0) is 19.0. The Kier molecular flexibility index (Phi) is 13.3. The highest BCUT2D eigenvalue weighted by molar-refractivity contribution is 5.82. The minimum Gasteiger partial charge on any atom is -0.465 e. The fourth-order valence-corrected chi connectivity index (χ4v) is 3.63. The molecule has 0 spiro atoms. The molecule has 2 unspecified atom stereocenters. The highest BCUT2D eigenvalue weighted by Crippen LogP contribution is 2.32. The van der Waals surface area contributed by atoms with Gasteiger partial charge in [0.2, 0.25) is 0 Å². The van der Waals surface area contributed by atoms with Crippen LogP contribution in [-0.4, -0.2) is 25.2 Å². The van der Waals surface area contributed by atoms with Crippen molar-refractivity contribution in [2.75, 3.05) is 13.2 Å². The van der Waals surface area contributed by atoms with E-state index in [9.17, 15) is 9.59 Å². The molecule has 0 heterocycles. The summed E-state index contributed by atoms with van der Waals surface area (Å²) in [4.78, 5) is 24.7. The van der Waals surface area contributed by atoms with E-state index in [1.165, 1.54) is 38.5 Å². The first-order valence-electron chi connectivity index (χ1n) is 11.0. The van der Waals surface area contributed by atoms with E-state index in [2.05, 4.69) is 13.8 Å². The van der Waals surface area contributed by atoms with Crippen molar-refractivity contribution in [2.24, 2.45) is 11.8 Å². The fraction of sp³-hybridized carbons (Fsp3) is 0.909. The van der Waals surface area contributed by atoms with E-state index in [1.54, 1.807) is 0 Å². The normalized spacial score (nSPS) is 19.9. The number of rotatable bonds is 14. The second kappa shape index (κ2) is 15.0. The van der Waals surface area contributed by atoms with E-state index in [-0.39, 0.29) is 23.8 Å². The Morgan fingerprint density at radius 3 is 1.58 bits per heavy atom. The lowest BCUT2D eigenvalue weighted by Gasteiger charge is -2.28. The van der Waals surface area contributed by atoms with Crippen molar-refractivity contribution in [1.82, 2.24) is 0 Å². The van der Waals surface area contributed by atoms with Gasteiger partial charge in [0, 0.05) is 0 Å². The zero-order valence-electron chi connectivity index (χ0n) is 17.1. The van der Waals surface area contributed by atoms with E-state index in [0.29, 0.717) is 13.2 Å². The van der Waals surface area contributed by atoms with Crippen LogP contribution in [0.3, 0.4) is 0 Å². The van der Waals surface area contributed by atoms with Crippen LogP contribution in [0.15, 0.2) is 0 Å². The molecule has 0 aromatic carbocycles. The first-order chi connectivity index (χ1) is 12.7. The van der Waals surface area contributed by atoms with Gasteiger partial charge in [-0.15, -0.1) is 0 Å². The molecular weight excluding hydrogens is 328 g/mol. The smallest absolute Gasteiger partial charge is 0.309 e. The Morgan fingerprint density at radius 1 is 0.654 bits per heavy atom. The molecule has 0 aromatic heterocycles. The number of ether oxygens (including phenoxy) is 2. The van der Waals surface area contributed by atoms with Gasteiger partial charge >= 0.3 is 11.9 Å². The van der Waals surface area contributed by atoms with Crippen LogP contribution < -0.4 is 0 Å². The Balaban J connectivity index is 2.20. The molecule has 0 N–H and O–H groups in total. The van der Waals surface area contributed by atoms with Crippen LogP contribution in [0.5, 0.6) is 0 Å². The van der Waals surface area contributed by atoms with Gasteiger partial charge in [-0.3, -0.25) is 9.59 Å². The molecule has 1 fully saturated rings.